The molecule has 0 spiro atoms. The Hall–Kier alpha value is -0.580. The first kappa shape index (κ1) is 10.5. The van der Waals surface area contributed by atoms with Crippen LogP contribution in [0.3, 0.4) is 0 Å². The Morgan fingerprint density at radius 2 is 2.08 bits per heavy atom. The van der Waals surface area contributed by atoms with Crippen LogP contribution >= 0.6 is 34.8 Å². The van der Waals surface area contributed by atoms with Gasteiger partial charge in [-0.2, -0.15) is 0 Å². The number of alkyl halides is 3. The summed E-state index contributed by atoms with van der Waals surface area (Å²) in [4.78, 5) is 13.2. The highest BCUT2D eigenvalue weighted by Gasteiger charge is 2.32. The standard InChI is InChI=1S/C6H3Cl3N2O2/c7-6(8,9)4-2-1-3-10-5(4)11(12)13/h1-3H. The summed E-state index contributed by atoms with van der Waals surface area (Å²) in [6.07, 6.45) is 1.26. The molecule has 0 aliphatic carbocycles. The Morgan fingerprint density at radius 1 is 1.46 bits per heavy atom. The number of rotatable bonds is 1. The molecule has 4 nitrogen and oxygen atoms in total. The molecule has 0 saturated carbocycles. The van der Waals surface area contributed by atoms with Gasteiger partial charge in [0.25, 0.3) is 0 Å². The molecule has 1 rings (SSSR count). The molecular formula is C6H3Cl3N2O2. The van der Waals surface area contributed by atoms with Crippen LogP contribution in [0.1, 0.15) is 5.56 Å². The SMILES string of the molecule is O=[N+]([O-])c1ncccc1C(Cl)(Cl)Cl. The minimum Gasteiger partial charge on any atom is -0.358 e. The van der Waals surface area contributed by atoms with E-state index in [9.17, 15) is 10.1 Å². The maximum absolute atomic E-state index is 10.4. The maximum Gasteiger partial charge on any atom is 0.370 e. The van der Waals surface area contributed by atoms with Crippen LogP contribution in [-0.4, -0.2) is 9.91 Å². The van der Waals surface area contributed by atoms with Gasteiger partial charge in [-0.25, -0.2) is 0 Å². The second-order valence-electron chi connectivity index (χ2n) is 2.13. The lowest BCUT2D eigenvalue weighted by Gasteiger charge is -2.09. The molecule has 0 fully saturated rings. The molecule has 1 aromatic rings. The Bertz CT molecular complexity index is 337. The third-order valence-electron chi connectivity index (χ3n) is 1.27. The topological polar surface area (TPSA) is 56.0 Å². The zero-order valence-electron chi connectivity index (χ0n) is 6.08. The highest BCUT2D eigenvalue weighted by molar-refractivity contribution is 6.66. The number of nitro groups is 1. The van der Waals surface area contributed by atoms with Gasteiger partial charge in [0.15, 0.2) is 0 Å². The van der Waals surface area contributed by atoms with Gasteiger partial charge in [0.2, 0.25) is 3.79 Å². The first-order valence-corrected chi connectivity index (χ1v) is 4.23. The largest absolute Gasteiger partial charge is 0.370 e. The zero-order valence-corrected chi connectivity index (χ0v) is 8.34. The summed E-state index contributed by atoms with van der Waals surface area (Å²) < 4.78 is -1.82. The van der Waals surface area contributed by atoms with Crippen LogP contribution < -0.4 is 0 Å². The van der Waals surface area contributed by atoms with Crippen LogP contribution in [0.2, 0.25) is 0 Å². The fraction of sp³-hybridized carbons (Fsp3) is 0.167. The molecule has 0 bridgehead atoms. The van der Waals surface area contributed by atoms with Crippen LogP contribution in [0.25, 0.3) is 0 Å². The molecule has 13 heavy (non-hydrogen) atoms. The summed E-state index contributed by atoms with van der Waals surface area (Å²) in [7, 11) is 0. The van der Waals surface area contributed by atoms with E-state index >= 15 is 0 Å². The predicted octanol–water partition coefficient (Wildman–Crippen LogP) is 2.82. The van der Waals surface area contributed by atoms with E-state index in [4.69, 9.17) is 34.8 Å². The van der Waals surface area contributed by atoms with Gasteiger partial charge in [-0.1, -0.05) is 34.8 Å². The van der Waals surface area contributed by atoms with E-state index in [0.717, 1.165) is 0 Å². The molecule has 0 amide bonds. The quantitative estimate of drug-likeness (QED) is 0.431. The average Bonchev–Trinajstić information content (AvgIpc) is 2.03. The van der Waals surface area contributed by atoms with Gasteiger partial charge >= 0.3 is 5.82 Å². The van der Waals surface area contributed by atoms with E-state index in [1.165, 1.54) is 18.3 Å². The first-order valence-electron chi connectivity index (χ1n) is 3.09. The van der Waals surface area contributed by atoms with Crippen LogP contribution in [0.15, 0.2) is 18.3 Å². The summed E-state index contributed by atoms with van der Waals surface area (Å²) in [5.74, 6) is -0.442. The van der Waals surface area contributed by atoms with E-state index in [1.807, 2.05) is 0 Å². The fourth-order valence-corrected chi connectivity index (χ4v) is 1.21. The molecule has 0 aliphatic rings. The number of nitrogens with zero attached hydrogens (tertiary/aromatic N) is 2. The Morgan fingerprint density at radius 3 is 2.46 bits per heavy atom. The maximum atomic E-state index is 10.4. The van der Waals surface area contributed by atoms with Crippen LogP contribution in [-0.2, 0) is 3.79 Å². The summed E-state index contributed by atoms with van der Waals surface area (Å²) >= 11 is 16.5. The van der Waals surface area contributed by atoms with Crippen molar-refractivity contribution in [3.05, 3.63) is 34.0 Å². The molecule has 7 heteroatoms. The minimum atomic E-state index is -1.82. The Labute approximate surface area is 88.6 Å². The van der Waals surface area contributed by atoms with Gasteiger partial charge in [0, 0.05) is 0 Å². The van der Waals surface area contributed by atoms with Crippen molar-refractivity contribution in [2.24, 2.45) is 0 Å². The van der Waals surface area contributed by atoms with E-state index in [1.54, 1.807) is 0 Å². The van der Waals surface area contributed by atoms with Gasteiger partial charge in [0.05, 0.1) is 0 Å². The van der Waals surface area contributed by atoms with Crippen LogP contribution in [0.4, 0.5) is 5.82 Å². The normalized spacial score (nSPS) is 11.3. The monoisotopic (exact) mass is 240 g/mol. The molecule has 1 aromatic heterocycles. The van der Waals surface area contributed by atoms with E-state index < -0.39 is 14.5 Å². The second kappa shape index (κ2) is 3.65. The highest BCUT2D eigenvalue weighted by atomic mass is 35.6. The van der Waals surface area contributed by atoms with E-state index in [2.05, 4.69) is 4.98 Å². The molecule has 0 atom stereocenters. The molecule has 0 saturated heterocycles. The summed E-state index contributed by atoms with van der Waals surface area (Å²) in [6, 6.07) is 2.81. The van der Waals surface area contributed by atoms with Crippen LogP contribution in [0.5, 0.6) is 0 Å². The van der Waals surface area contributed by atoms with Gasteiger partial charge in [-0.05, 0) is 22.0 Å². The van der Waals surface area contributed by atoms with Crippen molar-refractivity contribution in [2.75, 3.05) is 0 Å². The van der Waals surface area contributed by atoms with E-state index in [0.29, 0.717) is 0 Å². The van der Waals surface area contributed by atoms with Gasteiger partial charge in [0.1, 0.15) is 11.8 Å². The molecule has 0 N–H and O–H groups in total. The van der Waals surface area contributed by atoms with Crippen molar-refractivity contribution >= 4 is 40.6 Å². The molecule has 0 aliphatic heterocycles. The smallest absolute Gasteiger partial charge is 0.358 e. The van der Waals surface area contributed by atoms with Crippen molar-refractivity contribution in [2.45, 2.75) is 3.79 Å². The van der Waals surface area contributed by atoms with Crippen molar-refractivity contribution in [1.29, 1.82) is 0 Å². The molecule has 70 valence electrons. The Kier molecular flexibility index (Phi) is 2.95. The molecule has 1 heterocycles. The molecule has 0 unspecified atom stereocenters. The number of aromatic nitrogens is 1. The lowest BCUT2D eigenvalue weighted by atomic mass is 10.3. The zero-order chi connectivity index (χ0) is 10.1. The predicted molar refractivity (Wildman–Crippen MR) is 50.1 cm³/mol. The first-order chi connectivity index (χ1) is 5.93. The van der Waals surface area contributed by atoms with Gasteiger partial charge in [-0.3, -0.25) is 0 Å². The average molecular weight is 241 g/mol. The fourth-order valence-electron chi connectivity index (χ4n) is 0.764. The van der Waals surface area contributed by atoms with Crippen molar-refractivity contribution in [3.8, 4) is 0 Å². The summed E-state index contributed by atoms with van der Waals surface area (Å²) in [5.41, 5.74) is -0.0370. The van der Waals surface area contributed by atoms with E-state index in [-0.39, 0.29) is 5.56 Å². The lowest BCUT2D eigenvalue weighted by Crippen LogP contribution is -2.06. The number of hydrogen-bond acceptors (Lipinski definition) is 3. The Balaban J connectivity index is 3.28. The van der Waals surface area contributed by atoms with Crippen molar-refractivity contribution in [1.82, 2.24) is 4.98 Å². The van der Waals surface area contributed by atoms with Gasteiger partial charge < -0.3 is 10.1 Å². The second-order valence-corrected chi connectivity index (χ2v) is 4.41. The lowest BCUT2D eigenvalue weighted by molar-refractivity contribution is -0.390. The van der Waals surface area contributed by atoms with Crippen molar-refractivity contribution < 1.29 is 4.92 Å². The molecular weight excluding hydrogens is 238 g/mol. The number of halogens is 3. The van der Waals surface area contributed by atoms with Crippen LogP contribution in [0, 0.1) is 10.1 Å². The van der Waals surface area contributed by atoms with Gasteiger partial charge in [-0.15, -0.1) is 0 Å². The molecule has 0 radical (unpaired) electrons. The highest BCUT2D eigenvalue weighted by Crippen LogP contribution is 2.41. The summed E-state index contributed by atoms with van der Waals surface area (Å²) in [6.45, 7) is 0. The van der Waals surface area contributed by atoms with Crippen molar-refractivity contribution in [3.63, 3.8) is 0 Å². The number of pyridine rings is 1. The number of hydrogen-bond donors (Lipinski definition) is 0. The molecule has 0 aromatic carbocycles. The minimum absolute atomic E-state index is 0.0370. The third-order valence-corrected chi connectivity index (χ3v) is 1.88. The summed E-state index contributed by atoms with van der Waals surface area (Å²) in [5, 5.41) is 10.4. The third kappa shape index (κ3) is 2.43.